The fraction of sp³-hybridized carbons (Fsp3) is 0.308. The highest BCUT2D eigenvalue weighted by molar-refractivity contribution is 7.80. The van der Waals surface area contributed by atoms with Gasteiger partial charge in [0.2, 0.25) is 0 Å². The van der Waals surface area contributed by atoms with E-state index in [1.165, 1.54) is 0 Å². The summed E-state index contributed by atoms with van der Waals surface area (Å²) in [5.74, 6) is 0. The molecule has 3 rings (SSSR count). The van der Waals surface area contributed by atoms with Crippen molar-refractivity contribution in [3.8, 4) is 0 Å². The van der Waals surface area contributed by atoms with Crippen molar-refractivity contribution < 1.29 is 31.4 Å². The van der Waals surface area contributed by atoms with Gasteiger partial charge in [0.1, 0.15) is 12.2 Å². The minimum Gasteiger partial charge on any atom is -0.374 e. The summed E-state index contributed by atoms with van der Waals surface area (Å²) in [7, 11) is -4.89. The molecular formula is C26H29N3O7S. The van der Waals surface area contributed by atoms with Gasteiger partial charge in [-0.25, -0.2) is 4.18 Å². The molecule has 0 fully saturated rings. The first-order valence-electron chi connectivity index (χ1n) is 11.5. The van der Waals surface area contributed by atoms with Crippen molar-refractivity contribution in [1.82, 2.24) is 0 Å². The Morgan fingerprint density at radius 1 is 0.757 bits per heavy atom. The molecule has 3 aromatic carbocycles. The standard InChI is InChI=1S/C26H29N3O7S/c27-29-28-16-24(34-18-22-12-6-2-7-13-22)26(35-19-23-14-8-3-9-15-23)25(36-37(30,31)32)20-33-17-21-10-4-1-5-11-21/h1-15,24-26H,16-20H2,(H,30,31,32)/t24-,25-,26+/m1/s1. The fourth-order valence-electron chi connectivity index (χ4n) is 3.57. The summed E-state index contributed by atoms with van der Waals surface area (Å²) in [5.41, 5.74) is 11.5. The Bertz CT molecular complexity index is 1210. The molecule has 196 valence electrons. The zero-order valence-corrected chi connectivity index (χ0v) is 20.9. The predicted octanol–water partition coefficient (Wildman–Crippen LogP) is 4.87. The molecule has 0 bridgehead atoms. The van der Waals surface area contributed by atoms with Crippen LogP contribution in [0, 0.1) is 0 Å². The van der Waals surface area contributed by atoms with Crippen LogP contribution in [0.25, 0.3) is 10.4 Å². The van der Waals surface area contributed by atoms with E-state index in [-0.39, 0.29) is 33.0 Å². The van der Waals surface area contributed by atoms with Crippen LogP contribution in [-0.4, -0.2) is 44.4 Å². The maximum atomic E-state index is 11.8. The highest BCUT2D eigenvalue weighted by atomic mass is 32.3. The minimum atomic E-state index is -4.89. The lowest BCUT2D eigenvalue weighted by Crippen LogP contribution is -2.47. The lowest BCUT2D eigenvalue weighted by molar-refractivity contribution is -0.137. The van der Waals surface area contributed by atoms with E-state index in [9.17, 15) is 13.0 Å². The van der Waals surface area contributed by atoms with Gasteiger partial charge in [-0.15, -0.1) is 0 Å². The van der Waals surface area contributed by atoms with Crippen LogP contribution in [0.2, 0.25) is 0 Å². The molecule has 1 N–H and O–H groups in total. The smallest absolute Gasteiger partial charge is 0.374 e. The average molecular weight is 528 g/mol. The van der Waals surface area contributed by atoms with E-state index in [4.69, 9.17) is 23.9 Å². The summed E-state index contributed by atoms with van der Waals surface area (Å²) in [5, 5.41) is 3.63. The molecule has 0 spiro atoms. The minimum absolute atomic E-state index is 0.0804. The van der Waals surface area contributed by atoms with Gasteiger partial charge in [-0.05, 0) is 22.2 Å². The molecular weight excluding hydrogens is 498 g/mol. The maximum absolute atomic E-state index is 11.8. The number of azide groups is 1. The van der Waals surface area contributed by atoms with Crippen LogP contribution in [0.1, 0.15) is 16.7 Å². The van der Waals surface area contributed by atoms with Crippen LogP contribution < -0.4 is 0 Å². The molecule has 0 aliphatic carbocycles. The van der Waals surface area contributed by atoms with E-state index in [0.717, 1.165) is 16.7 Å². The molecule has 0 radical (unpaired) electrons. The highest BCUT2D eigenvalue weighted by Crippen LogP contribution is 2.20. The van der Waals surface area contributed by atoms with Crippen LogP contribution in [0.4, 0.5) is 0 Å². The SMILES string of the molecule is [N-]=[N+]=NC[C@@H](OCc1ccccc1)[C@H](OCc1ccccc1)[C@@H](COCc1ccccc1)OS(=O)(=O)O. The Hall–Kier alpha value is -3.28. The first-order chi connectivity index (χ1) is 17.9. The van der Waals surface area contributed by atoms with Crippen LogP contribution in [0.15, 0.2) is 96.1 Å². The Morgan fingerprint density at radius 3 is 1.73 bits per heavy atom. The topological polar surface area (TPSA) is 140 Å². The van der Waals surface area contributed by atoms with E-state index in [0.29, 0.717) is 0 Å². The van der Waals surface area contributed by atoms with E-state index < -0.39 is 28.7 Å². The number of benzene rings is 3. The third-order valence-corrected chi connectivity index (χ3v) is 5.78. The molecule has 3 aromatic rings. The van der Waals surface area contributed by atoms with Crippen molar-refractivity contribution in [2.24, 2.45) is 5.11 Å². The van der Waals surface area contributed by atoms with E-state index >= 15 is 0 Å². The third-order valence-electron chi connectivity index (χ3n) is 5.29. The predicted molar refractivity (Wildman–Crippen MR) is 137 cm³/mol. The molecule has 11 heteroatoms. The molecule has 0 aliphatic heterocycles. The second-order valence-corrected chi connectivity index (χ2v) is 9.12. The number of nitrogens with zero attached hydrogens (tertiary/aromatic N) is 3. The first kappa shape index (κ1) is 28.3. The number of hydrogen-bond acceptors (Lipinski definition) is 7. The largest absolute Gasteiger partial charge is 0.397 e. The molecule has 0 amide bonds. The number of rotatable bonds is 16. The van der Waals surface area contributed by atoms with Gasteiger partial charge in [0.25, 0.3) is 0 Å². The summed E-state index contributed by atoms with van der Waals surface area (Å²) >= 11 is 0. The zero-order valence-electron chi connectivity index (χ0n) is 20.1. The molecule has 0 heterocycles. The summed E-state index contributed by atoms with van der Waals surface area (Å²) < 4.78 is 55.9. The molecule has 10 nitrogen and oxygen atoms in total. The summed E-state index contributed by atoms with van der Waals surface area (Å²) in [6.45, 7) is -0.0377. The van der Waals surface area contributed by atoms with Gasteiger partial charge in [0.15, 0.2) is 0 Å². The Morgan fingerprint density at radius 2 is 1.24 bits per heavy atom. The normalized spacial score (nSPS) is 13.9. The van der Waals surface area contributed by atoms with Crippen molar-refractivity contribution in [3.63, 3.8) is 0 Å². The average Bonchev–Trinajstić information content (AvgIpc) is 2.90. The van der Waals surface area contributed by atoms with Crippen LogP contribution in [0.5, 0.6) is 0 Å². The van der Waals surface area contributed by atoms with Gasteiger partial charge >= 0.3 is 10.4 Å². The molecule has 0 saturated carbocycles. The van der Waals surface area contributed by atoms with Crippen LogP contribution >= 0.6 is 0 Å². The van der Waals surface area contributed by atoms with E-state index in [1.807, 2.05) is 91.0 Å². The Balaban J connectivity index is 1.85. The summed E-state index contributed by atoms with van der Waals surface area (Å²) in [4.78, 5) is 2.82. The second kappa shape index (κ2) is 15.1. The molecule has 0 unspecified atom stereocenters. The summed E-state index contributed by atoms with van der Waals surface area (Å²) in [6.07, 6.45) is -3.32. The van der Waals surface area contributed by atoms with Gasteiger partial charge < -0.3 is 14.2 Å². The highest BCUT2D eigenvalue weighted by Gasteiger charge is 2.35. The van der Waals surface area contributed by atoms with Gasteiger partial charge in [-0.2, -0.15) is 8.42 Å². The van der Waals surface area contributed by atoms with Crippen LogP contribution in [-0.2, 0) is 48.6 Å². The molecule has 0 saturated heterocycles. The van der Waals surface area contributed by atoms with Gasteiger partial charge in [-0.1, -0.05) is 96.1 Å². The first-order valence-corrected chi connectivity index (χ1v) is 12.9. The zero-order chi connectivity index (χ0) is 26.3. The fourth-order valence-corrected chi connectivity index (χ4v) is 4.04. The lowest BCUT2D eigenvalue weighted by atomic mass is 10.1. The maximum Gasteiger partial charge on any atom is 0.397 e. The quantitative estimate of drug-likeness (QED) is 0.121. The number of hydrogen-bond donors (Lipinski definition) is 1. The van der Waals surface area contributed by atoms with Crippen molar-refractivity contribution in [2.75, 3.05) is 13.2 Å². The lowest BCUT2D eigenvalue weighted by Gasteiger charge is -2.32. The van der Waals surface area contributed by atoms with Gasteiger partial charge in [0.05, 0.1) is 39.1 Å². The van der Waals surface area contributed by atoms with Crippen molar-refractivity contribution in [3.05, 3.63) is 118 Å². The van der Waals surface area contributed by atoms with Crippen molar-refractivity contribution in [2.45, 2.75) is 38.1 Å². The molecule has 0 aliphatic rings. The van der Waals surface area contributed by atoms with E-state index in [1.54, 1.807) is 0 Å². The molecule has 0 aromatic heterocycles. The molecule has 3 atom stereocenters. The van der Waals surface area contributed by atoms with Crippen molar-refractivity contribution in [1.29, 1.82) is 0 Å². The third kappa shape index (κ3) is 10.7. The summed E-state index contributed by atoms with van der Waals surface area (Å²) in [6, 6.07) is 27.8. The van der Waals surface area contributed by atoms with E-state index in [2.05, 4.69) is 10.0 Å². The van der Waals surface area contributed by atoms with Gasteiger partial charge in [-0.3, -0.25) is 4.55 Å². The molecule has 37 heavy (non-hydrogen) atoms. The van der Waals surface area contributed by atoms with Crippen molar-refractivity contribution >= 4 is 10.4 Å². The monoisotopic (exact) mass is 527 g/mol. The Labute approximate surface area is 216 Å². The Kier molecular flexibility index (Phi) is 11.5. The van der Waals surface area contributed by atoms with Gasteiger partial charge in [0, 0.05) is 4.91 Å². The number of ether oxygens (including phenoxy) is 3. The second-order valence-electron chi connectivity index (χ2n) is 8.07. The van der Waals surface area contributed by atoms with Crippen LogP contribution in [0.3, 0.4) is 0 Å².